The van der Waals surface area contributed by atoms with Gasteiger partial charge in [-0.3, -0.25) is 4.72 Å². The molecule has 0 saturated heterocycles. The third-order valence-electron chi connectivity index (χ3n) is 3.42. The molecule has 2 rings (SSSR count). The maximum Gasteiger partial charge on any atom is 0.263 e. The molecule has 0 atom stereocenters. The second-order valence-electron chi connectivity index (χ2n) is 4.84. The highest BCUT2D eigenvalue weighted by molar-refractivity contribution is 7.92. The van der Waals surface area contributed by atoms with Gasteiger partial charge in [-0.2, -0.15) is 0 Å². The molecular weight excluding hydrogens is 341 g/mol. The molecule has 2 aromatic rings. The number of halogens is 2. The van der Waals surface area contributed by atoms with E-state index in [1.165, 1.54) is 12.1 Å². The highest BCUT2D eigenvalue weighted by Crippen LogP contribution is 2.30. The lowest BCUT2D eigenvalue weighted by molar-refractivity contribution is 0.601. The van der Waals surface area contributed by atoms with Gasteiger partial charge in [0.25, 0.3) is 10.0 Å². The number of rotatable bonds is 5. The van der Waals surface area contributed by atoms with Gasteiger partial charge in [-0.25, -0.2) is 8.42 Å². The van der Waals surface area contributed by atoms with Gasteiger partial charge in [0.1, 0.15) is 4.90 Å². The Morgan fingerprint density at radius 1 is 1.00 bits per heavy atom. The van der Waals surface area contributed by atoms with E-state index in [2.05, 4.69) is 4.72 Å². The highest BCUT2D eigenvalue weighted by atomic mass is 35.5. The van der Waals surface area contributed by atoms with Crippen molar-refractivity contribution in [3.05, 3.63) is 57.6 Å². The Balaban J connectivity index is 2.52. The van der Waals surface area contributed by atoms with Gasteiger partial charge < -0.3 is 0 Å². The molecule has 0 radical (unpaired) electrons. The molecule has 6 heteroatoms. The number of anilines is 1. The van der Waals surface area contributed by atoms with Crippen molar-refractivity contribution in [1.82, 2.24) is 0 Å². The Labute approximate surface area is 141 Å². The molecular formula is C16H17Cl2NO2S. The summed E-state index contributed by atoms with van der Waals surface area (Å²) in [6, 6.07) is 10.1. The van der Waals surface area contributed by atoms with Crippen LogP contribution in [0.5, 0.6) is 0 Å². The van der Waals surface area contributed by atoms with Crippen LogP contribution in [0.4, 0.5) is 5.69 Å². The molecule has 0 aromatic heterocycles. The number of aryl methyl sites for hydroxylation is 2. The van der Waals surface area contributed by atoms with E-state index in [-0.39, 0.29) is 9.92 Å². The fourth-order valence-electron chi connectivity index (χ4n) is 2.25. The number of benzene rings is 2. The van der Waals surface area contributed by atoms with Crippen LogP contribution in [0.15, 0.2) is 41.3 Å². The first kappa shape index (κ1) is 17.1. The Morgan fingerprint density at radius 3 is 2.14 bits per heavy atom. The zero-order valence-corrected chi connectivity index (χ0v) is 14.7. The van der Waals surface area contributed by atoms with Crippen molar-refractivity contribution >= 4 is 38.9 Å². The minimum atomic E-state index is -3.80. The minimum Gasteiger partial charge on any atom is -0.279 e. The summed E-state index contributed by atoms with van der Waals surface area (Å²) >= 11 is 11.9. The first-order valence-electron chi connectivity index (χ1n) is 6.97. The lowest BCUT2D eigenvalue weighted by Gasteiger charge is -2.16. The van der Waals surface area contributed by atoms with E-state index in [9.17, 15) is 8.42 Å². The molecule has 0 spiro atoms. The second-order valence-corrected chi connectivity index (χ2v) is 7.33. The molecule has 0 aliphatic heterocycles. The van der Waals surface area contributed by atoms with Gasteiger partial charge in [-0.1, -0.05) is 55.2 Å². The number of hydrogen-bond acceptors (Lipinski definition) is 2. The highest BCUT2D eigenvalue weighted by Gasteiger charge is 2.21. The van der Waals surface area contributed by atoms with Gasteiger partial charge in [0.2, 0.25) is 0 Å². The summed E-state index contributed by atoms with van der Waals surface area (Å²) in [6.07, 6.45) is 1.46. The first-order valence-corrected chi connectivity index (χ1v) is 9.21. The predicted molar refractivity (Wildman–Crippen MR) is 92.5 cm³/mol. The van der Waals surface area contributed by atoms with Crippen LogP contribution in [0.1, 0.15) is 25.0 Å². The quantitative estimate of drug-likeness (QED) is 0.825. The van der Waals surface area contributed by atoms with Crippen LogP contribution in [-0.2, 0) is 22.9 Å². The average Bonchev–Trinajstić information content (AvgIpc) is 2.49. The van der Waals surface area contributed by atoms with E-state index in [4.69, 9.17) is 23.2 Å². The van der Waals surface area contributed by atoms with Crippen LogP contribution in [0.25, 0.3) is 0 Å². The van der Waals surface area contributed by atoms with E-state index < -0.39 is 10.0 Å². The summed E-state index contributed by atoms with van der Waals surface area (Å²) in [5.74, 6) is 0. The summed E-state index contributed by atoms with van der Waals surface area (Å²) in [7, 11) is -3.80. The van der Waals surface area contributed by atoms with Crippen LogP contribution in [0, 0.1) is 0 Å². The van der Waals surface area contributed by atoms with Crippen LogP contribution in [-0.4, -0.2) is 8.42 Å². The molecule has 0 bridgehead atoms. The maximum absolute atomic E-state index is 12.7. The van der Waals surface area contributed by atoms with Gasteiger partial charge in [0.05, 0.1) is 10.7 Å². The molecule has 0 aliphatic rings. The van der Waals surface area contributed by atoms with Crippen LogP contribution in [0.2, 0.25) is 10.0 Å². The summed E-state index contributed by atoms with van der Waals surface area (Å²) in [4.78, 5) is -0.0189. The fraction of sp³-hybridized carbons (Fsp3) is 0.250. The van der Waals surface area contributed by atoms with Crippen molar-refractivity contribution in [2.75, 3.05) is 4.72 Å². The molecule has 0 amide bonds. The Hall–Kier alpha value is -1.23. The van der Waals surface area contributed by atoms with Gasteiger partial charge in [-0.05, 0) is 42.2 Å². The second kappa shape index (κ2) is 6.90. The fourth-order valence-corrected chi connectivity index (χ4v) is 4.15. The lowest BCUT2D eigenvalue weighted by Crippen LogP contribution is -2.16. The summed E-state index contributed by atoms with van der Waals surface area (Å²) < 4.78 is 28.0. The molecule has 0 aliphatic carbocycles. The zero-order chi connectivity index (χ0) is 16.3. The van der Waals surface area contributed by atoms with Crippen LogP contribution >= 0.6 is 23.2 Å². The molecule has 1 N–H and O–H groups in total. The predicted octanol–water partition coefficient (Wildman–Crippen LogP) is 4.92. The third kappa shape index (κ3) is 3.57. The molecule has 22 heavy (non-hydrogen) atoms. The van der Waals surface area contributed by atoms with Crippen molar-refractivity contribution in [2.24, 2.45) is 0 Å². The first-order chi connectivity index (χ1) is 10.4. The van der Waals surface area contributed by atoms with E-state index in [1.807, 2.05) is 32.0 Å². The molecule has 0 saturated carbocycles. The van der Waals surface area contributed by atoms with Crippen molar-refractivity contribution < 1.29 is 8.42 Å². The topological polar surface area (TPSA) is 46.2 Å². The number of sulfonamides is 1. The van der Waals surface area contributed by atoms with E-state index in [1.54, 1.807) is 6.07 Å². The minimum absolute atomic E-state index is 0.0189. The largest absolute Gasteiger partial charge is 0.279 e. The average molecular weight is 358 g/mol. The smallest absolute Gasteiger partial charge is 0.263 e. The standard InChI is InChI=1S/C16H17Cl2NO2S/c1-3-11-6-5-7-12(4-2)16(11)19-22(20,21)15-10-13(17)8-9-14(15)18/h5-10,19H,3-4H2,1-2H3. The summed E-state index contributed by atoms with van der Waals surface area (Å²) in [5.41, 5.74) is 2.52. The SMILES string of the molecule is CCc1cccc(CC)c1NS(=O)(=O)c1cc(Cl)ccc1Cl. The van der Waals surface area contributed by atoms with Crippen LogP contribution < -0.4 is 4.72 Å². The van der Waals surface area contributed by atoms with E-state index >= 15 is 0 Å². The third-order valence-corrected chi connectivity index (χ3v) is 5.48. The monoisotopic (exact) mass is 357 g/mol. The summed E-state index contributed by atoms with van der Waals surface area (Å²) in [6.45, 7) is 3.97. The normalized spacial score (nSPS) is 11.5. The van der Waals surface area contributed by atoms with Crippen molar-refractivity contribution in [2.45, 2.75) is 31.6 Å². The maximum atomic E-state index is 12.7. The van der Waals surface area contributed by atoms with E-state index in [0.29, 0.717) is 10.7 Å². The van der Waals surface area contributed by atoms with Crippen molar-refractivity contribution in [3.8, 4) is 0 Å². The number of nitrogens with one attached hydrogen (secondary N) is 1. The molecule has 0 heterocycles. The summed E-state index contributed by atoms with van der Waals surface area (Å²) in [5, 5.41) is 0.466. The zero-order valence-electron chi connectivity index (χ0n) is 12.4. The Bertz CT molecular complexity index is 766. The Kier molecular flexibility index (Phi) is 5.37. The van der Waals surface area contributed by atoms with Crippen molar-refractivity contribution in [3.63, 3.8) is 0 Å². The van der Waals surface area contributed by atoms with Gasteiger partial charge >= 0.3 is 0 Å². The molecule has 3 nitrogen and oxygen atoms in total. The van der Waals surface area contributed by atoms with Gasteiger partial charge in [0.15, 0.2) is 0 Å². The van der Waals surface area contributed by atoms with Crippen molar-refractivity contribution in [1.29, 1.82) is 0 Å². The molecule has 0 fully saturated rings. The van der Waals surface area contributed by atoms with E-state index in [0.717, 1.165) is 24.0 Å². The van der Waals surface area contributed by atoms with Gasteiger partial charge in [-0.15, -0.1) is 0 Å². The molecule has 0 unspecified atom stereocenters. The molecule has 2 aromatic carbocycles. The lowest BCUT2D eigenvalue weighted by atomic mass is 10.0. The van der Waals surface area contributed by atoms with Crippen LogP contribution in [0.3, 0.4) is 0 Å². The number of para-hydroxylation sites is 1. The number of hydrogen-bond donors (Lipinski definition) is 1. The van der Waals surface area contributed by atoms with Gasteiger partial charge in [0, 0.05) is 5.02 Å². The molecule has 118 valence electrons. The Morgan fingerprint density at radius 2 is 1.59 bits per heavy atom.